The number of carbonyl (C=O) groups excluding carboxylic acids is 1. The van der Waals surface area contributed by atoms with E-state index in [0.29, 0.717) is 19.6 Å². The first-order valence-electron chi connectivity index (χ1n) is 6.68. The highest BCUT2D eigenvalue weighted by atomic mass is 16.5. The number of nitrogens with one attached hydrogen (secondary N) is 1. The summed E-state index contributed by atoms with van der Waals surface area (Å²) >= 11 is 0. The number of ether oxygens (including phenoxy) is 2. The van der Waals surface area contributed by atoms with Crippen LogP contribution in [0.1, 0.15) is 25.3 Å². The molecule has 0 aliphatic heterocycles. The Morgan fingerprint density at radius 3 is 2.74 bits per heavy atom. The highest BCUT2D eigenvalue weighted by Gasteiger charge is 2.18. The maximum Gasteiger partial charge on any atom is 0.261 e. The van der Waals surface area contributed by atoms with Crippen molar-refractivity contribution in [3.8, 4) is 5.75 Å². The fraction of sp³-hybridized carbons (Fsp3) is 0.533. The van der Waals surface area contributed by atoms with Crippen molar-refractivity contribution in [3.05, 3.63) is 29.8 Å². The van der Waals surface area contributed by atoms with Crippen LogP contribution in [0.15, 0.2) is 24.3 Å². The van der Waals surface area contributed by atoms with Crippen LogP contribution in [0.4, 0.5) is 0 Å². The lowest BCUT2D eigenvalue weighted by Gasteiger charge is -2.18. The number of aryl methyl sites for hydroxylation is 1. The van der Waals surface area contributed by atoms with Crippen LogP contribution in [0.2, 0.25) is 0 Å². The van der Waals surface area contributed by atoms with Crippen molar-refractivity contribution in [1.29, 1.82) is 0 Å². The standard InChI is InChI=1S/C15H23NO3/c1-4-13(15(17)16-10-7-11-18-3)19-14-9-6-5-8-12(14)2/h5-6,8-9,13H,4,7,10-11H2,1-3H3,(H,16,17)/t13-/m1/s1. The molecule has 0 spiro atoms. The third-order valence-corrected chi connectivity index (χ3v) is 2.85. The molecule has 0 aliphatic rings. The zero-order valence-electron chi connectivity index (χ0n) is 11.9. The van der Waals surface area contributed by atoms with Crippen molar-refractivity contribution in [3.63, 3.8) is 0 Å². The van der Waals surface area contributed by atoms with Gasteiger partial charge in [0.25, 0.3) is 5.91 Å². The van der Waals surface area contributed by atoms with Gasteiger partial charge in [-0.1, -0.05) is 25.1 Å². The second kappa shape index (κ2) is 8.53. The molecule has 0 fully saturated rings. The fourth-order valence-corrected chi connectivity index (χ4v) is 1.71. The predicted molar refractivity (Wildman–Crippen MR) is 75.4 cm³/mol. The van der Waals surface area contributed by atoms with Crippen molar-refractivity contribution >= 4 is 5.91 Å². The molecule has 19 heavy (non-hydrogen) atoms. The van der Waals surface area contributed by atoms with E-state index >= 15 is 0 Å². The number of rotatable bonds is 8. The van der Waals surface area contributed by atoms with E-state index in [1.165, 1.54) is 0 Å². The molecule has 0 saturated carbocycles. The summed E-state index contributed by atoms with van der Waals surface area (Å²) in [6.07, 6.45) is 1.01. The SMILES string of the molecule is CC[C@@H](Oc1ccccc1C)C(=O)NCCCOC. The molecule has 1 aromatic carbocycles. The predicted octanol–water partition coefficient (Wildman–Crippen LogP) is 2.31. The summed E-state index contributed by atoms with van der Waals surface area (Å²) in [5, 5.41) is 2.86. The highest BCUT2D eigenvalue weighted by molar-refractivity contribution is 5.81. The molecule has 0 unspecified atom stereocenters. The van der Waals surface area contributed by atoms with E-state index in [1.54, 1.807) is 7.11 Å². The summed E-state index contributed by atoms with van der Waals surface area (Å²) in [4.78, 5) is 12.0. The Morgan fingerprint density at radius 1 is 1.37 bits per heavy atom. The number of carbonyl (C=O) groups is 1. The topological polar surface area (TPSA) is 47.6 Å². The lowest BCUT2D eigenvalue weighted by atomic mass is 10.2. The second-order valence-corrected chi connectivity index (χ2v) is 4.42. The third kappa shape index (κ3) is 5.30. The molecule has 1 aromatic rings. The Kier molecular flexibility index (Phi) is 6.97. The van der Waals surface area contributed by atoms with Crippen LogP contribution < -0.4 is 10.1 Å². The van der Waals surface area contributed by atoms with Gasteiger partial charge >= 0.3 is 0 Å². The first-order valence-corrected chi connectivity index (χ1v) is 6.68. The number of hydrogen-bond donors (Lipinski definition) is 1. The van der Waals surface area contributed by atoms with Crippen molar-refractivity contribution in [2.24, 2.45) is 0 Å². The average Bonchev–Trinajstić information content (AvgIpc) is 2.42. The normalized spacial score (nSPS) is 11.9. The summed E-state index contributed by atoms with van der Waals surface area (Å²) in [6.45, 7) is 5.17. The largest absolute Gasteiger partial charge is 0.480 e. The monoisotopic (exact) mass is 265 g/mol. The molecule has 1 amide bonds. The van der Waals surface area contributed by atoms with E-state index in [4.69, 9.17) is 9.47 Å². The average molecular weight is 265 g/mol. The zero-order chi connectivity index (χ0) is 14.1. The molecule has 1 N–H and O–H groups in total. The van der Waals surface area contributed by atoms with Gasteiger partial charge in [-0.2, -0.15) is 0 Å². The Balaban J connectivity index is 2.48. The zero-order valence-corrected chi connectivity index (χ0v) is 11.9. The minimum absolute atomic E-state index is 0.0677. The maximum atomic E-state index is 12.0. The van der Waals surface area contributed by atoms with Crippen LogP contribution in [-0.4, -0.2) is 32.3 Å². The Morgan fingerprint density at radius 2 is 2.11 bits per heavy atom. The van der Waals surface area contributed by atoms with E-state index in [2.05, 4.69) is 5.32 Å². The molecule has 106 valence electrons. The van der Waals surface area contributed by atoms with Crippen LogP contribution in [-0.2, 0) is 9.53 Å². The molecule has 0 aromatic heterocycles. The van der Waals surface area contributed by atoms with Gasteiger partial charge in [0.1, 0.15) is 5.75 Å². The molecule has 4 nitrogen and oxygen atoms in total. The number of benzene rings is 1. The first kappa shape index (κ1) is 15.5. The summed E-state index contributed by atoms with van der Waals surface area (Å²) in [5.74, 6) is 0.697. The van der Waals surface area contributed by atoms with Crippen molar-refractivity contribution < 1.29 is 14.3 Å². The van der Waals surface area contributed by atoms with E-state index in [1.807, 2.05) is 38.1 Å². The van der Waals surface area contributed by atoms with Crippen molar-refractivity contribution in [2.75, 3.05) is 20.3 Å². The lowest BCUT2D eigenvalue weighted by Crippen LogP contribution is -2.38. The van der Waals surface area contributed by atoms with Crippen LogP contribution in [0.25, 0.3) is 0 Å². The quantitative estimate of drug-likeness (QED) is 0.734. The van der Waals surface area contributed by atoms with Crippen LogP contribution in [0.5, 0.6) is 5.75 Å². The molecule has 4 heteroatoms. The maximum absolute atomic E-state index is 12.0. The number of hydrogen-bond acceptors (Lipinski definition) is 3. The Labute approximate surface area is 115 Å². The molecule has 0 bridgehead atoms. The number of methoxy groups -OCH3 is 1. The van der Waals surface area contributed by atoms with Crippen molar-refractivity contribution in [2.45, 2.75) is 32.8 Å². The van der Waals surface area contributed by atoms with Crippen LogP contribution in [0.3, 0.4) is 0 Å². The van der Waals surface area contributed by atoms with Gasteiger partial charge in [-0.3, -0.25) is 4.79 Å². The lowest BCUT2D eigenvalue weighted by molar-refractivity contribution is -0.128. The molecule has 1 rings (SSSR count). The molecule has 0 heterocycles. The smallest absolute Gasteiger partial charge is 0.261 e. The van der Waals surface area contributed by atoms with Gasteiger partial charge in [-0.25, -0.2) is 0 Å². The van der Waals surface area contributed by atoms with Gasteiger partial charge in [-0.05, 0) is 31.4 Å². The Bertz CT molecular complexity index is 393. The highest BCUT2D eigenvalue weighted by Crippen LogP contribution is 2.18. The van der Waals surface area contributed by atoms with Gasteiger partial charge in [-0.15, -0.1) is 0 Å². The van der Waals surface area contributed by atoms with Crippen LogP contribution >= 0.6 is 0 Å². The van der Waals surface area contributed by atoms with Gasteiger partial charge in [0.2, 0.25) is 0 Å². The Hall–Kier alpha value is -1.55. The van der Waals surface area contributed by atoms with Crippen molar-refractivity contribution in [1.82, 2.24) is 5.32 Å². The summed E-state index contributed by atoms with van der Waals surface area (Å²) in [7, 11) is 1.65. The summed E-state index contributed by atoms with van der Waals surface area (Å²) in [5.41, 5.74) is 1.04. The molecule has 1 atom stereocenters. The van der Waals surface area contributed by atoms with Gasteiger partial charge in [0.15, 0.2) is 6.10 Å². The molecule has 0 saturated heterocycles. The third-order valence-electron chi connectivity index (χ3n) is 2.85. The van der Waals surface area contributed by atoms with E-state index < -0.39 is 6.10 Å². The van der Waals surface area contributed by atoms with E-state index in [-0.39, 0.29) is 5.91 Å². The van der Waals surface area contributed by atoms with Gasteiger partial charge < -0.3 is 14.8 Å². The molecular formula is C15H23NO3. The number of amides is 1. The summed E-state index contributed by atoms with van der Waals surface area (Å²) < 4.78 is 10.7. The fourth-order valence-electron chi connectivity index (χ4n) is 1.71. The van der Waals surface area contributed by atoms with Gasteiger partial charge in [0.05, 0.1) is 0 Å². The number of para-hydroxylation sites is 1. The molecule has 0 aliphatic carbocycles. The van der Waals surface area contributed by atoms with E-state index in [0.717, 1.165) is 17.7 Å². The second-order valence-electron chi connectivity index (χ2n) is 4.42. The summed E-state index contributed by atoms with van der Waals surface area (Å²) in [6, 6.07) is 7.72. The minimum Gasteiger partial charge on any atom is -0.480 e. The molecular weight excluding hydrogens is 242 g/mol. The van der Waals surface area contributed by atoms with E-state index in [9.17, 15) is 4.79 Å². The molecule has 0 radical (unpaired) electrons. The van der Waals surface area contributed by atoms with Crippen LogP contribution in [0, 0.1) is 6.92 Å². The minimum atomic E-state index is -0.441. The van der Waals surface area contributed by atoms with Gasteiger partial charge in [0, 0.05) is 20.3 Å². The first-order chi connectivity index (χ1) is 9.19.